The van der Waals surface area contributed by atoms with Crippen LogP contribution in [-0.2, 0) is 6.54 Å². The maximum absolute atomic E-state index is 12.9. The van der Waals surface area contributed by atoms with Crippen molar-refractivity contribution in [3.63, 3.8) is 0 Å². The molecular weight excluding hydrogens is 342 g/mol. The van der Waals surface area contributed by atoms with Crippen molar-refractivity contribution in [3.8, 4) is 17.1 Å². The number of amides is 1. The van der Waals surface area contributed by atoms with Gasteiger partial charge in [0, 0.05) is 24.7 Å². The van der Waals surface area contributed by atoms with Gasteiger partial charge in [-0.25, -0.2) is 4.68 Å². The topological polar surface area (TPSA) is 73.1 Å². The molecule has 0 atom stereocenters. The zero-order valence-electron chi connectivity index (χ0n) is 16.0. The molecule has 0 aliphatic carbocycles. The summed E-state index contributed by atoms with van der Waals surface area (Å²) in [6.07, 6.45) is 0. The molecule has 0 aliphatic heterocycles. The Kier molecular flexibility index (Phi) is 5.49. The molecule has 3 rings (SSSR count). The summed E-state index contributed by atoms with van der Waals surface area (Å²) in [5, 5.41) is 11.9. The first-order chi connectivity index (χ1) is 13.0. The number of methoxy groups -OCH3 is 1. The number of carbonyl (C=O) groups is 1. The van der Waals surface area contributed by atoms with E-state index in [-0.39, 0.29) is 11.9 Å². The second-order valence-electron chi connectivity index (χ2n) is 6.63. The Morgan fingerprint density at radius 1 is 1.19 bits per heavy atom. The van der Waals surface area contributed by atoms with E-state index in [1.807, 2.05) is 56.3 Å². The summed E-state index contributed by atoms with van der Waals surface area (Å²) in [6.45, 7) is 4.53. The van der Waals surface area contributed by atoms with Crippen LogP contribution in [0.2, 0.25) is 0 Å². The molecule has 2 aromatic carbocycles. The van der Waals surface area contributed by atoms with Crippen LogP contribution in [0.4, 0.5) is 0 Å². The predicted molar refractivity (Wildman–Crippen MR) is 102 cm³/mol. The minimum Gasteiger partial charge on any atom is -0.497 e. The summed E-state index contributed by atoms with van der Waals surface area (Å²) in [6, 6.07) is 15.2. The van der Waals surface area contributed by atoms with E-state index in [0.29, 0.717) is 17.9 Å². The lowest BCUT2D eigenvalue weighted by Gasteiger charge is -2.18. The number of carbonyl (C=O) groups excluding carboxylic acids is 1. The van der Waals surface area contributed by atoms with Gasteiger partial charge in [-0.3, -0.25) is 4.79 Å². The van der Waals surface area contributed by atoms with Gasteiger partial charge in [0.05, 0.1) is 13.2 Å². The van der Waals surface area contributed by atoms with E-state index in [1.54, 1.807) is 29.8 Å². The number of tetrazole rings is 1. The van der Waals surface area contributed by atoms with Gasteiger partial charge in [-0.05, 0) is 54.1 Å². The number of hydrogen-bond donors (Lipinski definition) is 0. The van der Waals surface area contributed by atoms with Crippen LogP contribution in [0, 0.1) is 0 Å². The fourth-order valence-electron chi connectivity index (χ4n) is 2.82. The fourth-order valence-corrected chi connectivity index (χ4v) is 2.82. The normalized spacial score (nSPS) is 10.9. The highest BCUT2D eigenvalue weighted by atomic mass is 16.5. The third kappa shape index (κ3) is 4.13. The third-order valence-electron chi connectivity index (χ3n) is 4.28. The Morgan fingerprint density at radius 2 is 1.93 bits per heavy atom. The lowest BCUT2D eigenvalue weighted by atomic mass is 10.1. The van der Waals surface area contributed by atoms with E-state index in [2.05, 4.69) is 15.5 Å². The van der Waals surface area contributed by atoms with Crippen molar-refractivity contribution >= 4 is 5.91 Å². The van der Waals surface area contributed by atoms with Crippen molar-refractivity contribution in [2.75, 3.05) is 14.2 Å². The molecule has 0 fully saturated rings. The second-order valence-corrected chi connectivity index (χ2v) is 6.63. The van der Waals surface area contributed by atoms with Gasteiger partial charge in [-0.15, -0.1) is 5.10 Å². The summed E-state index contributed by atoms with van der Waals surface area (Å²) in [5.74, 6) is 1.39. The summed E-state index contributed by atoms with van der Waals surface area (Å²) in [5.41, 5.74) is 2.45. The van der Waals surface area contributed by atoms with E-state index in [4.69, 9.17) is 4.74 Å². The Hall–Kier alpha value is -3.22. The van der Waals surface area contributed by atoms with Gasteiger partial charge in [0.2, 0.25) is 0 Å². The number of aromatic nitrogens is 4. The molecule has 0 radical (unpaired) electrons. The Morgan fingerprint density at radius 3 is 2.59 bits per heavy atom. The third-order valence-corrected chi connectivity index (χ3v) is 4.28. The maximum atomic E-state index is 12.9. The standard InChI is InChI=1S/C20H23N5O2/c1-14(2)25-19(21-22-23-25)16-6-5-7-17(12-16)20(26)24(3)13-15-8-10-18(27-4)11-9-15/h5-12,14H,13H2,1-4H3. The lowest BCUT2D eigenvalue weighted by Crippen LogP contribution is -2.26. The lowest BCUT2D eigenvalue weighted by molar-refractivity contribution is 0.0785. The zero-order valence-corrected chi connectivity index (χ0v) is 16.0. The molecular formula is C20H23N5O2. The zero-order chi connectivity index (χ0) is 19.4. The number of rotatable bonds is 6. The minimum absolute atomic E-state index is 0.0590. The van der Waals surface area contributed by atoms with E-state index in [1.165, 1.54) is 0 Å². The summed E-state index contributed by atoms with van der Waals surface area (Å²) in [4.78, 5) is 14.5. The molecule has 0 bridgehead atoms. The quantitative estimate of drug-likeness (QED) is 0.671. The summed E-state index contributed by atoms with van der Waals surface area (Å²) < 4.78 is 6.91. The van der Waals surface area contributed by atoms with Gasteiger partial charge >= 0.3 is 0 Å². The van der Waals surface area contributed by atoms with E-state index in [0.717, 1.165) is 16.9 Å². The van der Waals surface area contributed by atoms with Crippen LogP contribution in [-0.4, -0.2) is 45.2 Å². The highest BCUT2D eigenvalue weighted by Gasteiger charge is 2.16. The number of benzene rings is 2. The van der Waals surface area contributed by atoms with Gasteiger partial charge in [0.1, 0.15) is 5.75 Å². The molecule has 7 nitrogen and oxygen atoms in total. The highest BCUT2D eigenvalue weighted by Crippen LogP contribution is 2.21. The molecule has 0 spiro atoms. The smallest absolute Gasteiger partial charge is 0.253 e. The molecule has 27 heavy (non-hydrogen) atoms. The number of nitrogens with zero attached hydrogens (tertiary/aromatic N) is 5. The van der Waals surface area contributed by atoms with Crippen LogP contribution < -0.4 is 4.74 Å². The fraction of sp³-hybridized carbons (Fsp3) is 0.300. The van der Waals surface area contributed by atoms with E-state index >= 15 is 0 Å². The van der Waals surface area contributed by atoms with Crippen LogP contribution in [0.25, 0.3) is 11.4 Å². The van der Waals surface area contributed by atoms with Gasteiger partial charge in [0.15, 0.2) is 5.82 Å². The second kappa shape index (κ2) is 7.99. The molecule has 0 unspecified atom stereocenters. The first-order valence-electron chi connectivity index (χ1n) is 8.76. The first-order valence-corrected chi connectivity index (χ1v) is 8.76. The van der Waals surface area contributed by atoms with Crippen LogP contribution >= 0.6 is 0 Å². The first kappa shape index (κ1) is 18.6. The Labute approximate surface area is 158 Å². The molecule has 0 N–H and O–H groups in total. The van der Waals surface area contributed by atoms with Gasteiger partial charge < -0.3 is 9.64 Å². The molecule has 1 amide bonds. The van der Waals surface area contributed by atoms with Crippen molar-refractivity contribution < 1.29 is 9.53 Å². The van der Waals surface area contributed by atoms with Gasteiger partial charge in [-0.1, -0.05) is 24.3 Å². The van der Waals surface area contributed by atoms with Crippen LogP contribution in [0.5, 0.6) is 5.75 Å². The van der Waals surface area contributed by atoms with Crippen LogP contribution in [0.1, 0.15) is 35.8 Å². The predicted octanol–water partition coefficient (Wildman–Crippen LogP) is 3.20. The minimum atomic E-state index is -0.0590. The van der Waals surface area contributed by atoms with E-state index < -0.39 is 0 Å². The van der Waals surface area contributed by atoms with Crippen LogP contribution in [0.15, 0.2) is 48.5 Å². The van der Waals surface area contributed by atoms with Gasteiger partial charge in [-0.2, -0.15) is 0 Å². The van der Waals surface area contributed by atoms with Crippen LogP contribution in [0.3, 0.4) is 0 Å². The average Bonchev–Trinajstić information content (AvgIpc) is 3.18. The summed E-state index contributed by atoms with van der Waals surface area (Å²) >= 11 is 0. The molecule has 7 heteroatoms. The van der Waals surface area contributed by atoms with E-state index in [9.17, 15) is 4.79 Å². The highest BCUT2D eigenvalue weighted by molar-refractivity contribution is 5.95. The Balaban J connectivity index is 1.79. The molecule has 1 aromatic heterocycles. The average molecular weight is 365 g/mol. The maximum Gasteiger partial charge on any atom is 0.253 e. The number of hydrogen-bond acceptors (Lipinski definition) is 5. The van der Waals surface area contributed by atoms with Crippen molar-refractivity contribution in [1.82, 2.24) is 25.1 Å². The molecule has 0 saturated heterocycles. The monoisotopic (exact) mass is 365 g/mol. The molecule has 0 aliphatic rings. The molecule has 0 saturated carbocycles. The van der Waals surface area contributed by atoms with Crippen molar-refractivity contribution in [1.29, 1.82) is 0 Å². The molecule has 140 valence electrons. The number of ether oxygens (including phenoxy) is 1. The molecule has 1 heterocycles. The van der Waals surface area contributed by atoms with Crippen molar-refractivity contribution in [2.45, 2.75) is 26.4 Å². The largest absolute Gasteiger partial charge is 0.497 e. The summed E-state index contributed by atoms with van der Waals surface area (Å²) in [7, 11) is 3.42. The van der Waals surface area contributed by atoms with Crippen molar-refractivity contribution in [3.05, 3.63) is 59.7 Å². The van der Waals surface area contributed by atoms with Gasteiger partial charge in [0.25, 0.3) is 5.91 Å². The molecule has 3 aromatic rings. The van der Waals surface area contributed by atoms with Crippen molar-refractivity contribution in [2.24, 2.45) is 0 Å². The SMILES string of the molecule is COc1ccc(CN(C)C(=O)c2cccc(-c3nnnn3C(C)C)c2)cc1. The Bertz CT molecular complexity index is 918.